The maximum Gasteiger partial charge on any atom is 0.327 e. The molecule has 0 aromatic rings. The summed E-state index contributed by atoms with van der Waals surface area (Å²) < 4.78 is 60.2. The minimum Gasteiger partial charge on any atom is -0.415 e. The van der Waals surface area contributed by atoms with Crippen molar-refractivity contribution in [2.24, 2.45) is 0 Å². The Morgan fingerprint density at radius 3 is 0.783 bits per heavy atom. The molecule has 1 saturated heterocycles. The molecule has 46 heavy (non-hydrogen) atoms. The summed E-state index contributed by atoms with van der Waals surface area (Å²) in [6.07, 6.45) is 35.7. The lowest BCUT2D eigenvalue weighted by Gasteiger charge is -2.65. The molecule has 1 N–H and O–H groups in total. The van der Waals surface area contributed by atoms with Crippen LogP contribution in [0.4, 0.5) is 0 Å². The molecule has 7 aliphatic rings. The first-order chi connectivity index (χ1) is 22.4. The lowest BCUT2D eigenvalue weighted by Crippen LogP contribution is -2.77. The van der Waals surface area contributed by atoms with Crippen LogP contribution in [-0.2, 0) is 22.5 Å². The van der Waals surface area contributed by atoms with Crippen LogP contribution in [-0.4, -0.2) is 43.9 Å². The van der Waals surface area contributed by atoms with E-state index < -0.39 is 41.1 Å². The van der Waals surface area contributed by atoms with Gasteiger partial charge in [0, 0.05) is 33.2 Å². The molecule has 0 atom stereocenters. The zero-order valence-electron chi connectivity index (χ0n) is 28.9. The summed E-state index contributed by atoms with van der Waals surface area (Å²) in [5.74, 6) is 0. The Bertz CT molecular complexity index is 999. The monoisotopic (exact) mass is 710 g/mol. The molecule has 7 fully saturated rings. The molecular weight excluding hydrogens is 645 g/mol. The van der Waals surface area contributed by atoms with Crippen molar-refractivity contribution >= 4 is 35.8 Å². The van der Waals surface area contributed by atoms with Gasteiger partial charge < -0.3 is 12.3 Å². The fourth-order valence-corrected chi connectivity index (χ4v) is 37.8. The number of hydrogen-bond acceptors (Lipinski definition) is 5. The molecule has 6 saturated carbocycles. The molecule has 0 unspecified atom stereocenters. The quantitative estimate of drug-likeness (QED) is 0.209. The normalized spacial score (nSPS) is 34.7. The van der Waals surface area contributed by atoms with Gasteiger partial charge in [0.1, 0.15) is 0 Å². The molecule has 10 heteroatoms. The third-order valence-corrected chi connectivity index (χ3v) is 33.8. The number of hydrogen-bond donors (Lipinski definition) is 1. The molecule has 6 nitrogen and oxygen atoms in total. The third kappa shape index (κ3) is 6.88. The van der Waals surface area contributed by atoms with Crippen LogP contribution in [0.1, 0.15) is 186 Å². The van der Waals surface area contributed by atoms with Crippen molar-refractivity contribution in [3.8, 4) is 0 Å². The molecule has 0 aromatic heterocycles. The summed E-state index contributed by atoms with van der Waals surface area (Å²) in [6, 6.07) is 0. The van der Waals surface area contributed by atoms with Crippen molar-refractivity contribution in [2.45, 2.75) is 225 Å². The van der Waals surface area contributed by atoms with Crippen molar-refractivity contribution in [3.63, 3.8) is 0 Å². The van der Waals surface area contributed by atoms with E-state index >= 15 is 0 Å². The van der Waals surface area contributed by atoms with Gasteiger partial charge in [-0.1, -0.05) is 96.3 Å². The Morgan fingerprint density at radius 2 is 0.565 bits per heavy atom. The summed E-state index contributed by atoms with van der Waals surface area (Å²) >= 11 is 0. The van der Waals surface area contributed by atoms with Crippen LogP contribution in [0.5, 0.6) is 0 Å². The van der Waals surface area contributed by atoms with Gasteiger partial charge in [-0.15, -0.1) is 0 Å². The first-order valence-electron chi connectivity index (χ1n) is 20.4. The molecule has 0 spiro atoms. The zero-order chi connectivity index (χ0) is 31.7. The van der Waals surface area contributed by atoms with Crippen LogP contribution in [0.2, 0.25) is 33.2 Å². The van der Waals surface area contributed by atoms with E-state index in [0.29, 0.717) is 46.1 Å². The van der Waals surface area contributed by atoms with Crippen LogP contribution in [0.25, 0.3) is 0 Å². The van der Waals surface area contributed by atoms with E-state index in [1.807, 2.05) is 0 Å². The maximum absolute atomic E-state index is 12.4. The predicted molar refractivity (Wildman–Crippen MR) is 192 cm³/mol. The Labute approximate surface area is 284 Å². The average molecular weight is 711 g/mol. The molecular formula is C36H66O6SSi3. The van der Waals surface area contributed by atoms with Crippen LogP contribution >= 0.6 is 0 Å². The second-order valence-electron chi connectivity index (χ2n) is 17.1. The summed E-state index contributed by atoms with van der Waals surface area (Å²) in [4.78, 5) is 0. The molecule has 1 heterocycles. The molecule has 7 rings (SSSR count). The Balaban J connectivity index is 1.40. The van der Waals surface area contributed by atoms with Gasteiger partial charge in [0.25, 0.3) is 10.1 Å². The third-order valence-electron chi connectivity index (χ3n) is 14.5. The molecule has 0 bridgehead atoms. The van der Waals surface area contributed by atoms with Crippen molar-refractivity contribution < 1.29 is 25.3 Å². The van der Waals surface area contributed by atoms with E-state index in [1.54, 1.807) is 0 Å². The van der Waals surface area contributed by atoms with Crippen LogP contribution in [0.3, 0.4) is 0 Å². The summed E-state index contributed by atoms with van der Waals surface area (Å²) in [5.41, 5.74) is 3.30. The lowest BCUT2D eigenvalue weighted by atomic mass is 9.99. The Kier molecular flexibility index (Phi) is 11.3. The highest BCUT2D eigenvalue weighted by Gasteiger charge is 2.73. The van der Waals surface area contributed by atoms with Crippen molar-refractivity contribution in [3.05, 3.63) is 0 Å². The maximum atomic E-state index is 12.4. The van der Waals surface area contributed by atoms with Gasteiger partial charge in [0.15, 0.2) is 0 Å². The average Bonchev–Trinajstić information content (AvgIpc) is 3.13. The van der Waals surface area contributed by atoms with Gasteiger partial charge in [-0.05, 0) is 89.9 Å². The Hall–Kier alpha value is 0.441. The topological polar surface area (TPSA) is 82.1 Å². The Morgan fingerprint density at radius 1 is 0.348 bits per heavy atom. The SMILES string of the molecule is O=S(=O)(O)C1CCC([Si]2(C3CCCCC3)O[Si](C3CCCCC3)(C3CCCCC3)O[Si](C3CCCCC3)(C3CCCCC3)O2)CC1. The minimum absolute atomic E-state index is 0.343. The molecule has 1 aliphatic heterocycles. The smallest absolute Gasteiger partial charge is 0.327 e. The first kappa shape index (κ1) is 34.9. The van der Waals surface area contributed by atoms with E-state index in [9.17, 15) is 13.0 Å². The van der Waals surface area contributed by atoms with Crippen molar-refractivity contribution in [2.75, 3.05) is 0 Å². The van der Waals surface area contributed by atoms with E-state index in [1.165, 1.54) is 161 Å². The molecule has 6 aliphatic carbocycles. The zero-order valence-corrected chi connectivity index (χ0v) is 32.8. The van der Waals surface area contributed by atoms with Gasteiger partial charge in [0.05, 0.1) is 5.25 Å². The van der Waals surface area contributed by atoms with Gasteiger partial charge in [-0.25, -0.2) is 0 Å². The van der Waals surface area contributed by atoms with E-state index in [4.69, 9.17) is 12.3 Å². The van der Waals surface area contributed by atoms with Crippen LogP contribution in [0.15, 0.2) is 0 Å². The highest BCUT2D eigenvalue weighted by atomic mass is 32.2. The van der Waals surface area contributed by atoms with Gasteiger partial charge in [0.2, 0.25) is 0 Å². The fraction of sp³-hybridized carbons (Fsp3) is 1.00. The largest absolute Gasteiger partial charge is 0.415 e. The van der Waals surface area contributed by atoms with Gasteiger partial charge in [-0.3, -0.25) is 4.55 Å². The van der Waals surface area contributed by atoms with Gasteiger partial charge in [-0.2, -0.15) is 8.42 Å². The molecule has 264 valence electrons. The summed E-state index contributed by atoms with van der Waals surface area (Å²) in [7, 11) is -12.3. The second kappa shape index (κ2) is 15.0. The number of rotatable bonds is 7. The van der Waals surface area contributed by atoms with Crippen molar-refractivity contribution in [1.29, 1.82) is 0 Å². The minimum atomic E-state index is -4.01. The summed E-state index contributed by atoms with van der Waals surface area (Å²) in [6.45, 7) is 0. The molecule has 0 amide bonds. The standard InChI is InChI=1S/C36H66O6SSi3/c37-43(38,39)30-26-28-36(29-27-30)46(35-24-14-5-15-25-35)41-44(31-16-6-1-7-17-31,32-18-8-2-9-19-32)40-45(42-46,33-20-10-3-11-21-33)34-22-12-4-13-23-34/h30-36H,1-29H2,(H,37,38,39). The molecule has 0 aromatic carbocycles. The highest BCUT2D eigenvalue weighted by molar-refractivity contribution is 7.86. The fourth-order valence-electron chi connectivity index (χ4n) is 12.1. The van der Waals surface area contributed by atoms with E-state index in [2.05, 4.69) is 0 Å². The van der Waals surface area contributed by atoms with Gasteiger partial charge >= 0.3 is 25.7 Å². The van der Waals surface area contributed by atoms with E-state index in [0.717, 1.165) is 12.8 Å². The molecule has 0 radical (unpaired) electrons. The van der Waals surface area contributed by atoms with E-state index in [-0.39, 0.29) is 0 Å². The lowest BCUT2D eigenvalue weighted by molar-refractivity contribution is 0.133. The highest BCUT2D eigenvalue weighted by Crippen LogP contribution is 2.64. The van der Waals surface area contributed by atoms with Crippen molar-refractivity contribution in [1.82, 2.24) is 0 Å². The predicted octanol–water partition coefficient (Wildman–Crippen LogP) is 11.2. The second-order valence-corrected chi connectivity index (χ2v) is 30.5. The summed E-state index contributed by atoms with van der Waals surface area (Å²) in [5, 5.41) is -0.613. The van der Waals surface area contributed by atoms with Crippen LogP contribution < -0.4 is 0 Å². The van der Waals surface area contributed by atoms with Crippen LogP contribution in [0, 0.1) is 0 Å². The first-order valence-corrected chi connectivity index (χ1v) is 27.8.